The summed E-state index contributed by atoms with van der Waals surface area (Å²) in [6, 6.07) is 7.50. The van der Waals surface area contributed by atoms with Crippen LogP contribution < -0.4 is 11.1 Å². The molecule has 0 bridgehead atoms. The third kappa shape index (κ3) is 3.19. The Morgan fingerprint density at radius 1 is 1.22 bits per heavy atom. The summed E-state index contributed by atoms with van der Waals surface area (Å²) in [4.78, 5) is 43.3. The Labute approximate surface area is 162 Å². The number of benzene rings is 1. The van der Waals surface area contributed by atoms with Crippen LogP contribution in [0.25, 0.3) is 10.2 Å². The molecule has 0 fully saturated rings. The van der Waals surface area contributed by atoms with Crippen LogP contribution in [0, 0.1) is 0 Å². The SMILES string of the molecule is CC(=O)N1CCc2c(sc(NC(=O)c3nc4ccccc4s3)c2C(N)=O)C1. The predicted octanol–water partition coefficient (Wildman–Crippen LogP) is 2.61. The average molecular weight is 400 g/mol. The quantitative estimate of drug-likeness (QED) is 0.705. The molecule has 0 spiro atoms. The minimum atomic E-state index is -0.580. The zero-order valence-corrected chi connectivity index (χ0v) is 16.1. The van der Waals surface area contributed by atoms with Crippen molar-refractivity contribution < 1.29 is 14.4 Å². The summed E-state index contributed by atoms with van der Waals surface area (Å²) in [5.74, 6) is -0.973. The molecule has 3 N–H and O–H groups in total. The Hall–Kier alpha value is -2.78. The van der Waals surface area contributed by atoms with Crippen molar-refractivity contribution in [3.8, 4) is 0 Å². The summed E-state index contributed by atoms with van der Waals surface area (Å²) in [6.45, 7) is 2.47. The first-order valence-corrected chi connectivity index (χ1v) is 9.94. The van der Waals surface area contributed by atoms with Crippen LogP contribution in [-0.2, 0) is 17.8 Å². The molecule has 1 aliphatic rings. The molecular weight excluding hydrogens is 384 g/mol. The van der Waals surface area contributed by atoms with Crippen molar-refractivity contribution in [3.05, 3.63) is 45.3 Å². The summed E-state index contributed by atoms with van der Waals surface area (Å²) < 4.78 is 0.917. The van der Waals surface area contributed by atoms with Gasteiger partial charge in [0, 0.05) is 18.3 Å². The number of hydrogen-bond acceptors (Lipinski definition) is 6. The summed E-state index contributed by atoms with van der Waals surface area (Å²) in [5, 5.41) is 3.53. The topological polar surface area (TPSA) is 105 Å². The van der Waals surface area contributed by atoms with Gasteiger partial charge in [0.2, 0.25) is 5.91 Å². The third-order valence-electron chi connectivity index (χ3n) is 4.46. The number of carbonyl (C=O) groups excluding carboxylic acids is 3. The predicted molar refractivity (Wildman–Crippen MR) is 105 cm³/mol. The smallest absolute Gasteiger partial charge is 0.285 e. The van der Waals surface area contributed by atoms with Crippen LogP contribution in [0.1, 0.15) is 37.5 Å². The maximum Gasteiger partial charge on any atom is 0.285 e. The molecule has 9 heteroatoms. The number of primary amides is 1. The highest BCUT2D eigenvalue weighted by Crippen LogP contribution is 2.37. The van der Waals surface area contributed by atoms with E-state index in [2.05, 4.69) is 10.3 Å². The van der Waals surface area contributed by atoms with Crippen LogP contribution in [0.2, 0.25) is 0 Å². The number of hydrogen-bond donors (Lipinski definition) is 2. The molecule has 0 aliphatic carbocycles. The summed E-state index contributed by atoms with van der Waals surface area (Å²) in [6.07, 6.45) is 0.542. The molecule has 3 amide bonds. The molecule has 0 unspecified atom stereocenters. The monoisotopic (exact) mass is 400 g/mol. The fraction of sp³-hybridized carbons (Fsp3) is 0.222. The normalized spacial score (nSPS) is 13.4. The Morgan fingerprint density at radius 2 is 2.00 bits per heavy atom. The number of fused-ring (bicyclic) bond motifs is 2. The number of anilines is 1. The van der Waals surface area contributed by atoms with Crippen molar-refractivity contribution in [2.45, 2.75) is 19.9 Å². The van der Waals surface area contributed by atoms with Gasteiger partial charge >= 0.3 is 0 Å². The second-order valence-electron chi connectivity index (χ2n) is 6.20. The number of aromatic nitrogens is 1. The van der Waals surface area contributed by atoms with E-state index in [1.165, 1.54) is 29.6 Å². The lowest BCUT2D eigenvalue weighted by Gasteiger charge is -2.25. The van der Waals surface area contributed by atoms with Gasteiger partial charge in [-0.1, -0.05) is 12.1 Å². The molecule has 138 valence electrons. The third-order valence-corrected chi connectivity index (χ3v) is 6.63. The van der Waals surface area contributed by atoms with Crippen molar-refractivity contribution in [2.24, 2.45) is 5.73 Å². The number of nitrogens with two attached hydrogens (primary N) is 1. The number of thiophene rings is 1. The van der Waals surface area contributed by atoms with E-state index in [-0.39, 0.29) is 11.8 Å². The number of thiazole rings is 1. The summed E-state index contributed by atoms with van der Waals surface area (Å²) in [7, 11) is 0. The first-order chi connectivity index (χ1) is 12.9. The van der Waals surface area contributed by atoms with E-state index < -0.39 is 5.91 Å². The van der Waals surface area contributed by atoms with Gasteiger partial charge < -0.3 is 16.0 Å². The number of nitrogens with one attached hydrogen (secondary N) is 1. The van der Waals surface area contributed by atoms with Gasteiger partial charge in [-0.2, -0.15) is 0 Å². The molecule has 3 aromatic rings. The zero-order valence-electron chi connectivity index (χ0n) is 14.4. The average Bonchev–Trinajstić information content (AvgIpc) is 3.21. The number of rotatable bonds is 3. The molecule has 0 saturated heterocycles. The number of para-hydroxylation sites is 1. The molecule has 0 saturated carbocycles. The molecule has 1 aromatic carbocycles. The van der Waals surface area contributed by atoms with E-state index in [1.807, 2.05) is 24.3 Å². The summed E-state index contributed by atoms with van der Waals surface area (Å²) >= 11 is 2.58. The lowest BCUT2D eigenvalue weighted by Crippen LogP contribution is -2.34. The Bertz CT molecular complexity index is 1050. The van der Waals surface area contributed by atoms with E-state index in [4.69, 9.17) is 5.73 Å². The molecule has 1 aliphatic heterocycles. The van der Waals surface area contributed by atoms with E-state index in [9.17, 15) is 14.4 Å². The van der Waals surface area contributed by atoms with Gasteiger partial charge in [-0.3, -0.25) is 14.4 Å². The Kier molecular flexibility index (Phi) is 4.40. The van der Waals surface area contributed by atoms with Crippen molar-refractivity contribution in [1.29, 1.82) is 0 Å². The first-order valence-electron chi connectivity index (χ1n) is 8.31. The second kappa shape index (κ2) is 6.75. The molecule has 0 atom stereocenters. The van der Waals surface area contributed by atoms with Crippen LogP contribution in [0.5, 0.6) is 0 Å². The highest BCUT2D eigenvalue weighted by Gasteiger charge is 2.29. The molecule has 4 rings (SSSR count). The van der Waals surface area contributed by atoms with Crippen molar-refractivity contribution in [3.63, 3.8) is 0 Å². The Morgan fingerprint density at radius 3 is 2.70 bits per heavy atom. The lowest BCUT2D eigenvalue weighted by atomic mass is 10.0. The van der Waals surface area contributed by atoms with Gasteiger partial charge in [-0.15, -0.1) is 22.7 Å². The lowest BCUT2D eigenvalue weighted by molar-refractivity contribution is -0.129. The number of amides is 3. The fourth-order valence-electron chi connectivity index (χ4n) is 3.15. The highest BCUT2D eigenvalue weighted by molar-refractivity contribution is 7.20. The molecule has 27 heavy (non-hydrogen) atoms. The maximum absolute atomic E-state index is 12.7. The van der Waals surface area contributed by atoms with Gasteiger partial charge in [-0.25, -0.2) is 4.98 Å². The summed E-state index contributed by atoms with van der Waals surface area (Å²) in [5.41, 5.74) is 7.50. The van der Waals surface area contributed by atoms with E-state index >= 15 is 0 Å². The molecular formula is C18H16N4O3S2. The van der Waals surface area contributed by atoms with Gasteiger partial charge in [0.05, 0.1) is 22.3 Å². The molecule has 3 heterocycles. The molecule has 0 radical (unpaired) electrons. The minimum Gasteiger partial charge on any atom is -0.365 e. The molecule has 2 aromatic heterocycles. The second-order valence-corrected chi connectivity index (χ2v) is 8.34. The van der Waals surface area contributed by atoms with E-state index in [0.717, 1.165) is 20.7 Å². The first kappa shape index (κ1) is 17.6. The number of carbonyl (C=O) groups is 3. The largest absolute Gasteiger partial charge is 0.365 e. The van der Waals surface area contributed by atoms with E-state index in [1.54, 1.807) is 4.90 Å². The van der Waals surface area contributed by atoms with Crippen LogP contribution in [-0.4, -0.2) is 34.2 Å². The van der Waals surface area contributed by atoms with Gasteiger partial charge in [0.25, 0.3) is 11.8 Å². The van der Waals surface area contributed by atoms with Gasteiger partial charge in [0.1, 0.15) is 5.00 Å². The number of nitrogens with zero attached hydrogens (tertiary/aromatic N) is 2. The Balaban J connectivity index is 1.66. The van der Waals surface area contributed by atoms with Crippen molar-refractivity contribution in [1.82, 2.24) is 9.88 Å². The van der Waals surface area contributed by atoms with Crippen molar-refractivity contribution >= 4 is 55.6 Å². The standard InChI is InChI=1S/C18H16N4O3S2/c1-9(23)22-7-6-10-13(8-22)27-17(14(10)15(19)24)21-16(25)18-20-11-4-2-3-5-12(11)26-18/h2-5H,6-8H2,1H3,(H2,19,24)(H,21,25). The van der Waals surface area contributed by atoms with Gasteiger partial charge in [0.15, 0.2) is 5.01 Å². The van der Waals surface area contributed by atoms with E-state index in [0.29, 0.717) is 35.1 Å². The highest BCUT2D eigenvalue weighted by atomic mass is 32.1. The van der Waals surface area contributed by atoms with Crippen LogP contribution in [0.4, 0.5) is 5.00 Å². The fourth-order valence-corrected chi connectivity index (χ4v) is 5.27. The zero-order chi connectivity index (χ0) is 19.1. The van der Waals surface area contributed by atoms with Gasteiger partial charge in [-0.05, 0) is 24.1 Å². The van der Waals surface area contributed by atoms with Crippen LogP contribution in [0.3, 0.4) is 0 Å². The van der Waals surface area contributed by atoms with Crippen molar-refractivity contribution in [2.75, 3.05) is 11.9 Å². The van der Waals surface area contributed by atoms with Crippen LogP contribution in [0.15, 0.2) is 24.3 Å². The minimum absolute atomic E-state index is 0.0188. The maximum atomic E-state index is 12.7. The molecule has 7 nitrogen and oxygen atoms in total. The van der Waals surface area contributed by atoms with Crippen LogP contribution >= 0.6 is 22.7 Å².